The minimum absolute atomic E-state index is 0. The highest BCUT2D eigenvalue weighted by Crippen LogP contribution is 2.23. The van der Waals surface area contributed by atoms with Crippen LogP contribution in [0, 0.1) is 5.82 Å². The van der Waals surface area contributed by atoms with Gasteiger partial charge in [-0.15, -0.1) is 12.4 Å². The van der Waals surface area contributed by atoms with Crippen LogP contribution >= 0.6 is 12.4 Å². The summed E-state index contributed by atoms with van der Waals surface area (Å²) in [6, 6.07) is 6.96. The summed E-state index contributed by atoms with van der Waals surface area (Å²) in [4.78, 5) is 0. The van der Waals surface area contributed by atoms with E-state index in [0.717, 1.165) is 18.7 Å². The van der Waals surface area contributed by atoms with Gasteiger partial charge in [-0.3, -0.25) is 0 Å². The summed E-state index contributed by atoms with van der Waals surface area (Å²) in [5, 5.41) is 3.33. The third-order valence-electron chi connectivity index (χ3n) is 2.62. The molecular formula is C11H15ClFN. The summed E-state index contributed by atoms with van der Waals surface area (Å²) >= 11 is 0. The van der Waals surface area contributed by atoms with Crippen molar-refractivity contribution in [2.75, 3.05) is 13.1 Å². The number of hydrogen-bond acceptors (Lipinski definition) is 1. The van der Waals surface area contributed by atoms with Crippen LogP contribution < -0.4 is 5.32 Å². The lowest BCUT2D eigenvalue weighted by atomic mass is 9.92. The van der Waals surface area contributed by atoms with E-state index < -0.39 is 0 Å². The van der Waals surface area contributed by atoms with Crippen LogP contribution in [-0.2, 0) is 0 Å². The molecule has 1 heterocycles. The third kappa shape index (κ3) is 2.69. The maximum atomic E-state index is 12.9. The minimum atomic E-state index is -0.122. The lowest BCUT2D eigenvalue weighted by Crippen LogP contribution is -2.28. The van der Waals surface area contributed by atoms with Crippen molar-refractivity contribution in [1.29, 1.82) is 0 Å². The van der Waals surface area contributed by atoms with Crippen molar-refractivity contribution in [2.24, 2.45) is 0 Å². The second kappa shape index (κ2) is 5.32. The van der Waals surface area contributed by atoms with E-state index in [1.807, 2.05) is 6.07 Å². The maximum absolute atomic E-state index is 12.9. The van der Waals surface area contributed by atoms with Crippen molar-refractivity contribution in [3.05, 3.63) is 35.6 Å². The Morgan fingerprint density at radius 1 is 1.36 bits per heavy atom. The van der Waals surface area contributed by atoms with E-state index in [0.29, 0.717) is 5.92 Å². The molecule has 1 aromatic rings. The van der Waals surface area contributed by atoms with Gasteiger partial charge in [-0.05, 0) is 43.0 Å². The molecular weight excluding hydrogens is 201 g/mol. The lowest BCUT2D eigenvalue weighted by Gasteiger charge is -2.22. The van der Waals surface area contributed by atoms with Crippen LogP contribution in [0.5, 0.6) is 0 Å². The summed E-state index contributed by atoms with van der Waals surface area (Å²) in [7, 11) is 0. The fraction of sp³-hybridized carbons (Fsp3) is 0.455. The van der Waals surface area contributed by atoms with Crippen LogP contribution in [-0.4, -0.2) is 13.1 Å². The Balaban J connectivity index is 0.000000980. The van der Waals surface area contributed by atoms with Crippen LogP contribution in [0.2, 0.25) is 0 Å². The van der Waals surface area contributed by atoms with Crippen molar-refractivity contribution in [2.45, 2.75) is 18.8 Å². The average molecular weight is 216 g/mol. The Morgan fingerprint density at radius 2 is 2.21 bits per heavy atom. The highest BCUT2D eigenvalue weighted by Gasteiger charge is 2.14. The van der Waals surface area contributed by atoms with Crippen molar-refractivity contribution in [3.63, 3.8) is 0 Å². The molecule has 0 bridgehead atoms. The minimum Gasteiger partial charge on any atom is -0.316 e. The molecule has 0 aliphatic carbocycles. The second-order valence-corrected chi connectivity index (χ2v) is 3.60. The standard InChI is InChI=1S/C11H14FN.ClH/c12-11-5-1-3-9(7-11)10-4-2-6-13-8-10;/h1,3,5,7,10,13H,2,4,6,8H2;1H. The average Bonchev–Trinajstić information content (AvgIpc) is 2.19. The molecule has 1 aliphatic heterocycles. The van der Waals surface area contributed by atoms with Crippen molar-refractivity contribution in [1.82, 2.24) is 5.32 Å². The van der Waals surface area contributed by atoms with Gasteiger partial charge >= 0.3 is 0 Å². The summed E-state index contributed by atoms with van der Waals surface area (Å²) in [6.45, 7) is 2.09. The first-order chi connectivity index (χ1) is 6.36. The smallest absolute Gasteiger partial charge is 0.123 e. The predicted molar refractivity (Wildman–Crippen MR) is 58.5 cm³/mol. The van der Waals surface area contributed by atoms with Gasteiger partial charge in [0.1, 0.15) is 5.82 Å². The van der Waals surface area contributed by atoms with E-state index in [1.165, 1.54) is 18.9 Å². The van der Waals surface area contributed by atoms with Crippen LogP contribution in [0.25, 0.3) is 0 Å². The van der Waals surface area contributed by atoms with Gasteiger partial charge in [0.05, 0.1) is 0 Å². The van der Waals surface area contributed by atoms with Crippen molar-refractivity contribution >= 4 is 12.4 Å². The van der Waals surface area contributed by atoms with Gasteiger partial charge < -0.3 is 5.32 Å². The Labute approximate surface area is 90.1 Å². The summed E-state index contributed by atoms with van der Waals surface area (Å²) in [6.07, 6.45) is 2.37. The monoisotopic (exact) mass is 215 g/mol. The Morgan fingerprint density at radius 3 is 2.86 bits per heavy atom. The molecule has 1 atom stereocenters. The normalized spacial score (nSPS) is 21.4. The first-order valence-corrected chi connectivity index (χ1v) is 4.82. The molecule has 0 radical (unpaired) electrons. The van der Waals surface area contributed by atoms with Crippen molar-refractivity contribution < 1.29 is 4.39 Å². The van der Waals surface area contributed by atoms with Gasteiger partial charge in [-0.1, -0.05) is 12.1 Å². The summed E-state index contributed by atoms with van der Waals surface area (Å²) in [5.74, 6) is 0.382. The van der Waals surface area contributed by atoms with Gasteiger partial charge in [-0.25, -0.2) is 4.39 Å². The largest absolute Gasteiger partial charge is 0.316 e. The number of hydrogen-bond donors (Lipinski definition) is 1. The van der Waals surface area contributed by atoms with E-state index >= 15 is 0 Å². The van der Waals surface area contributed by atoms with Gasteiger partial charge in [0, 0.05) is 6.54 Å². The zero-order valence-corrected chi connectivity index (χ0v) is 8.82. The predicted octanol–water partition coefficient (Wildman–Crippen LogP) is 2.71. The summed E-state index contributed by atoms with van der Waals surface area (Å²) in [5.41, 5.74) is 1.13. The van der Waals surface area contributed by atoms with Crippen LogP contribution in [0.3, 0.4) is 0 Å². The molecule has 0 saturated carbocycles. The fourth-order valence-electron chi connectivity index (χ4n) is 1.90. The molecule has 1 aromatic carbocycles. The second-order valence-electron chi connectivity index (χ2n) is 3.60. The van der Waals surface area contributed by atoms with E-state index in [9.17, 15) is 4.39 Å². The van der Waals surface area contributed by atoms with Crippen molar-refractivity contribution in [3.8, 4) is 0 Å². The topological polar surface area (TPSA) is 12.0 Å². The third-order valence-corrected chi connectivity index (χ3v) is 2.62. The first-order valence-electron chi connectivity index (χ1n) is 4.82. The number of halogens is 2. The molecule has 1 nitrogen and oxygen atoms in total. The molecule has 3 heteroatoms. The molecule has 1 unspecified atom stereocenters. The molecule has 1 aliphatic rings. The fourth-order valence-corrected chi connectivity index (χ4v) is 1.90. The molecule has 2 rings (SSSR count). The molecule has 14 heavy (non-hydrogen) atoms. The molecule has 0 aromatic heterocycles. The van der Waals surface area contributed by atoms with E-state index in [2.05, 4.69) is 5.32 Å². The lowest BCUT2D eigenvalue weighted by molar-refractivity contribution is 0.460. The zero-order valence-electron chi connectivity index (χ0n) is 8.00. The Bertz CT molecular complexity index is 284. The number of rotatable bonds is 1. The van der Waals surface area contributed by atoms with Crippen LogP contribution in [0.4, 0.5) is 4.39 Å². The van der Waals surface area contributed by atoms with Gasteiger partial charge in [-0.2, -0.15) is 0 Å². The molecule has 78 valence electrons. The molecule has 0 spiro atoms. The van der Waals surface area contributed by atoms with Gasteiger partial charge in [0.15, 0.2) is 0 Å². The molecule has 1 saturated heterocycles. The zero-order chi connectivity index (χ0) is 9.10. The number of benzene rings is 1. The highest BCUT2D eigenvalue weighted by atomic mass is 35.5. The highest BCUT2D eigenvalue weighted by molar-refractivity contribution is 5.85. The van der Waals surface area contributed by atoms with E-state index in [1.54, 1.807) is 12.1 Å². The van der Waals surface area contributed by atoms with Crippen LogP contribution in [0.1, 0.15) is 24.3 Å². The first kappa shape index (κ1) is 11.5. The molecule has 0 amide bonds. The van der Waals surface area contributed by atoms with E-state index in [4.69, 9.17) is 0 Å². The SMILES string of the molecule is Cl.Fc1cccc(C2CCCNC2)c1. The van der Waals surface area contributed by atoms with Crippen LogP contribution in [0.15, 0.2) is 24.3 Å². The maximum Gasteiger partial charge on any atom is 0.123 e. The Hall–Kier alpha value is -0.600. The Kier molecular flexibility index (Phi) is 4.36. The quantitative estimate of drug-likeness (QED) is 0.760. The number of piperidine rings is 1. The van der Waals surface area contributed by atoms with Gasteiger partial charge in [0.2, 0.25) is 0 Å². The summed E-state index contributed by atoms with van der Waals surface area (Å²) < 4.78 is 12.9. The molecule has 1 N–H and O–H groups in total. The number of nitrogens with one attached hydrogen (secondary N) is 1. The van der Waals surface area contributed by atoms with E-state index in [-0.39, 0.29) is 18.2 Å². The molecule has 1 fully saturated rings. The van der Waals surface area contributed by atoms with Gasteiger partial charge in [0.25, 0.3) is 0 Å².